The molecule has 0 unspecified atom stereocenters. The molecule has 0 aromatic heterocycles. The zero-order chi connectivity index (χ0) is 16.2. The number of carboxylic acid groups (broad SMARTS) is 1. The monoisotopic (exact) mass is 319 g/mol. The lowest BCUT2D eigenvalue weighted by molar-refractivity contribution is 0.0697. The predicted molar refractivity (Wildman–Crippen MR) is 83.2 cm³/mol. The maximum absolute atomic E-state index is 12.2. The summed E-state index contributed by atoms with van der Waals surface area (Å²) in [5, 5.41) is 8.81. The molecule has 0 atom stereocenters. The molecule has 0 aliphatic carbocycles. The van der Waals surface area contributed by atoms with Gasteiger partial charge in [-0.3, -0.25) is 0 Å². The van der Waals surface area contributed by atoms with Gasteiger partial charge in [0.2, 0.25) is 10.0 Å². The van der Waals surface area contributed by atoms with Gasteiger partial charge in [-0.2, -0.15) is 0 Å². The summed E-state index contributed by atoms with van der Waals surface area (Å²) in [6.07, 6.45) is 0.851. The lowest BCUT2D eigenvalue weighted by Crippen LogP contribution is -2.23. The van der Waals surface area contributed by atoms with E-state index in [1.54, 1.807) is 36.4 Å². The molecule has 2 aromatic carbocycles. The number of rotatable bonds is 6. The van der Waals surface area contributed by atoms with Crippen LogP contribution in [-0.4, -0.2) is 19.5 Å². The van der Waals surface area contributed by atoms with Crippen LogP contribution in [0.25, 0.3) is 0 Å². The molecule has 5 nitrogen and oxygen atoms in total. The van der Waals surface area contributed by atoms with E-state index in [0.717, 1.165) is 12.0 Å². The molecule has 0 aliphatic heterocycles. The van der Waals surface area contributed by atoms with E-state index in [9.17, 15) is 13.2 Å². The van der Waals surface area contributed by atoms with Crippen molar-refractivity contribution in [1.29, 1.82) is 0 Å². The summed E-state index contributed by atoms with van der Waals surface area (Å²) in [6, 6.07) is 12.8. The SMILES string of the molecule is CCc1ccc(S(=O)(=O)NCc2ccc(C(=O)O)cc2)cc1. The Hall–Kier alpha value is -2.18. The first-order chi connectivity index (χ1) is 10.4. The number of hydrogen-bond donors (Lipinski definition) is 2. The Balaban J connectivity index is 2.06. The molecular formula is C16H17NO4S. The number of aryl methyl sites for hydroxylation is 1. The fourth-order valence-electron chi connectivity index (χ4n) is 1.93. The fraction of sp³-hybridized carbons (Fsp3) is 0.188. The van der Waals surface area contributed by atoms with Crippen LogP contribution in [0.15, 0.2) is 53.4 Å². The second-order valence-electron chi connectivity index (χ2n) is 4.82. The third-order valence-corrected chi connectivity index (χ3v) is 4.73. The minimum Gasteiger partial charge on any atom is -0.478 e. The van der Waals surface area contributed by atoms with Gasteiger partial charge in [0, 0.05) is 6.54 Å². The smallest absolute Gasteiger partial charge is 0.335 e. The highest BCUT2D eigenvalue weighted by Gasteiger charge is 2.13. The number of carboxylic acids is 1. The van der Waals surface area contributed by atoms with Crippen LogP contribution < -0.4 is 4.72 Å². The van der Waals surface area contributed by atoms with E-state index >= 15 is 0 Å². The standard InChI is InChI=1S/C16H17NO4S/c1-2-12-5-9-15(10-6-12)22(20,21)17-11-13-3-7-14(8-4-13)16(18)19/h3-10,17H,2,11H2,1H3,(H,18,19). The number of sulfonamides is 1. The van der Waals surface area contributed by atoms with Crippen molar-refractivity contribution in [3.8, 4) is 0 Å². The van der Waals surface area contributed by atoms with Crippen LogP contribution in [-0.2, 0) is 23.0 Å². The second-order valence-corrected chi connectivity index (χ2v) is 6.59. The van der Waals surface area contributed by atoms with Crippen molar-refractivity contribution in [3.63, 3.8) is 0 Å². The summed E-state index contributed by atoms with van der Waals surface area (Å²) in [5.74, 6) is -1.01. The average molecular weight is 319 g/mol. The summed E-state index contributed by atoms with van der Waals surface area (Å²) in [6.45, 7) is 2.11. The number of nitrogens with one attached hydrogen (secondary N) is 1. The van der Waals surface area contributed by atoms with Crippen LogP contribution in [0.4, 0.5) is 0 Å². The van der Waals surface area contributed by atoms with E-state index in [1.165, 1.54) is 12.1 Å². The molecule has 22 heavy (non-hydrogen) atoms. The van der Waals surface area contributed by atoms with Crippen molar-refractivity contribution in [3.05, 3.63) is 65.2 Å². The number of benzene rings is 2. The Morgan fingerprint density at radius 3 is 2.05 bits per heavy atom. The van der Waals surface area contributed by atoms with Crippen molar-refractivity contribution >= 4 is 16.0 Å². The summed E-state index contributed by atoms with van der Waals surface area (Å²) in [7, 11) is -3.58. The summed E-state index contributed by atoms with van der Waals surface area (Å²) < 4.78 is 26.9. The maximum atomic E-state index is 12.2. The fourth-order valence-corrected chi connectivity index (χ4v) is 2.95. The van der Waals surface area contributed by atoms with Gasteiger partial charge >= 0.3 is 5.97 Å². The minimum atomic E-state index is -3.58. The molecule has 0 saturated heterocycles. The number of aromatic carboxylic acids is 1. The molecule has 2 rings (SSSR count). The molecule has 2 aromatic rings. The molecule has 0 saturated carbocycles. The van der Waals surface area contributed by atoms with E-state index in [2.05, 4.69) is 4.72 Å². The molecule has 0 radical (unpaired) electrons. The Morgan fingerprint density at radius 2 is 1.55 bits per heavy atom. The Morgan fingerprint density at radius 1 is 1.00 bits per heavy atom. The van der Waals surface area contributed by atoms with Gasteiger partial charge in [0.05, 0.1) is 10.5 Å². The highest BCUT2D eigenvalue weighted by molar-refractivity contribution is 7.89. The van der Waals surface area contributed by atoms with Gasteiger partial charge in [0.15, 0.2) is 0 Å². The first kappa shape index (κ1) is 16.2. The van der Waals surface area contributed by atoms with E-state index in [1.807, 2.05) is 6.92 Å². The molecule has 0 fully saturated rings. The third-order valence-electron chi connectivity index (χ3n) is 3.31. The lowest BCUT2D eigenvalue weighted by Gasteiger charge is -2.08. The Labute approximate surface area is 129 Å². The minimum absolute atomic E-state index is 0.109. The van der Waals surface area contributed by atoms with Gasteiger partial charge in [-0.1, -0.05) is 31.2 Å². The van der Waals surface area contributed by atoms with Gasteiger partial charge in [-0.15, -0.1) is 0 Å². The maximum Gasteiger partial charge on any atom is 0.335 e. The molecule has 2 N–H and O–H groups in total. The zero-order valence-electron chi connectivity index (χ0n) is 12.1. The Bertz CT molecular complexity index is 750. The first-order valence-electron chi connectivity index (χ1n) is 6.83. The first-order valence-corrected chi connectivity index (χ1v) is 8.31. The second kappa shape index (κ2) is 6.72. The van der Waals surface area contributed by atoms with Crippen LogP contribution in [0.5, 0.6) is 0 Å². The largest absolute Gasteiger partial charge is 0.478 e. The van der Waals surface area contributed by atoms with Crippen LogP contribution in [0.1, 0.15) is 28.4 Å². The summed E-state index contributed by atoms with van der Waals surface area (Å²) in [4.78, 5) is 11.0. The lowest BCUT2D eigenvalue weighted by atomic mass is 10.1. The van der Waals surface area contributed by atoms with E-state index in [0.29, 0.717) is 5.56 Å². The Kier molecular flexibility index (Phi) is 4.95. The van der Waals surface area contributed by atoms with Gasteiger partial charge in [-0.05, 0) is 41.8 Å². The van der Waals surface area contributed by atoms with Gasteiger partial charge in [0.1, 0.15) is 0 Å². The van der Waals surface area contributed by atoms with Crippen molar-refractivity contribution in [1.82, 2.24) is 4.72 Å². The van der Waals surface area contributed by atoms with Crippen molar-refractivity contribution in [2.45, 2.75) is 24.8 Å². The van der Waals surface area contributed by atoms with E-state index in [4.69, 9.17) is 5.11 Å². The van der Waals surface area contributed by atoms with Crippen LogP contribution in [0.2, 0.25) is 0 Å². The molecule has 0 bridgehead atoms. The molecular weight excluding hydrogens is 302 g/mol. The number of hydrogen-bond acceptors (Lipinski definition) is 3. The normalized spacial score (nSPS) is 11.3. The molecule has 0 amide bonds. The van der Waals surface area contributed by atoms with E-state index in [-0.39, 0.29) is 17.0 Å². The van der Waals surface area contributed by atoms with Crippen LogP contribution in [0.3, 0.4) is 0 Å². The molecule has 116 valence electrons. The van der Waals surface area contributed by atoms with Crippen LogP contribution >= 0.6 is 0 Å². The third kappa shape index (κ3) is 3.93. The summed E-state index contributed by atoms with van der Waals surface area (Å²) >= 11 is 0. The molecule has 0 spiro atoms. The number of carbonyl (C=O) groups is 1. The van der Waals surface area contributed by atoms with Crippen LogP contribution in [0, 0.1) is 0 Å². The molecule has 0 heterocycles. The van der Waals surface area contributed by atoms with Gasteiger partial charge < -0.3 is 5.11 Å². The molecule has 0 aliphatic rings. The van der Waals surface area contributed by atoms with Gasteiger partial charge in [0.25, 0.3) is 0 Å². The molecule has 6 heteroatoms. The topological polar surface area (TPSA) is 83.5 Å². The van der Waals surface area contributed by atoms with Crippen molar-refractivity contribution in [2.24, 2.45) is 0 Å². The zero-order valence-corrected chi connectivity index (χ0v) is 12.9. The van der Waals surface area contributed by atoms with E-state index < -0.39 is 16.0 Å². The highest BCUT2D eigenvalue weighted by Crippen LogP contribution is 2.12. The quantitative estimate of drug-likeness (QED) is 0.856. The predicted octanol–water partition coefficient (Wildman–Crippen LogP) is 2.43. The van der Waals surface area contributed by atoms with Crippen molar-refractivity contribution in [2.75, 3.05) is 0 Å². The highest BCUT2D eigenvalue weighted by atomic mass is 32.2. The van der Waals surface area contributed by atoms with Gasteiger partial charge in [-0.25, -0.2) is 17.9 Å². The van der Waals surface area contributed by atoms with Crippen molar-refractivity contribution < 1.29 is 18.3 Å². The summed E-state index contributed by atoms with van der Waals surface area (Å²) in [5.41, 5.74) is 1.93. The average Bonchev–Trinajstić information content (AvgIpc) is 2.53.